The first-order valence-electron chi connectivity index (χ1n) is 5.02. The van der Waals surface area contributed by atoms with E-state index >= 15 is 0 Å². The van der Waals surface area contributed by atoms with E-state index in [1.54, 1.807) is 0 Å². The Balaban J connectivity index is 2.01. The monoisotopic (exact) mass is 203 g/mol. The van der Waals surface area contributed by atoms with E-state index in [2.05, 4.69) is 4.72 Å². The molecule has 76 valence electrons. The number of hydrogen-bond acceptors (Lipinski definition) is 2. The molecule has 3 fully saturated rings. The van der Waals surface area contributed by atoms with Crippen molar-refractivity contribution in [2.24, 2.45) is 11.8 Å². The molecule has 1 unspecified atom stereocenters. The van der Waals surface area contributed by atoms with Crippen molar-refractivity contribution >= 4 is 10.0 Å². The van der Waals surface area contributed by atoms with Gasteiger partial charge in [-0.1, -0.05) is 12.8 Å². The molecule has 0 aromatic carbocycles. The van der Waals surface area contributed by atoms with Crippen molar-refractivity contribution in [2.75, 3.05) is 6.26 Å². The molecular formula is C9H17NO2S. The summed E-state index contributed by atoms with van der Waals surface area (Å²) < 4.78 is 24.9. The van der Waals surface area contributed by atoms with Gasteiger partial charge in [-0.15, -0.1) is 0 Å². The lowest BCUT2D eigenvalue weighted by atomic mass is 9.68. The van der Waals surface area contributed by atoms with Crippen LogP contribution in [0.4, 0.5) is 0 Å². The highest BCUT2D eigenvalue weighted by atomic mass is 32.2. The van der Waals surface area contributed by atoms with Crippen molar-refractivity contribution in [3.63, 3.8) is 0 Å². The molecule has 3 saturated carbocycles. The van der Waals surface area contributed by atoms with E-state index in [-0.39, 0.29) is 6.04 Å². The normalized spacial score (nSPS) is 39.3. The maximum Gasteiger partial charge on any atom is 0.208 e. The van der Waals surface area contributed by atoms with E-state index in [0.29, 0.717) is 5.92 Å². The first-order chi connectivity index (χ1) is 6.04. The number of nitrogens with one attached hydrogen (secondary N) is 1. The zero-order valence-electron chi connectivity index (χ0n) is 7.99. The molecule has 1 N–H and O–H groups in total. The highest BCUT2D eigenvalue weighted by molar-refractivity contribution is 7.88. The summed E-state index contributed by atoms with van der Waals surface area (Å²) in [6.45, 7) is 0. The minimum absolute atomic E-state index is 0.238. The standard InChI is InChI=1S/C9H17NO2S/c1-13(11,12)10-9-6-7-2-4-8(9)5-3-7/h7-10H,2-6H2,1H3. The van der Waals surface area contributed by atoms with Crippen LogP contribution in [0.1, 0.15) is 32.1 Å². The van der Waals surface area contributed by atoms with E-state index in [9.17, 15) is 8.42 Å². The van der Waals surface area contributed by atoms with Crippen LogP contribution in [0, 0.1) is 11.8 Å². The Kier molecular flexibility index (Phi) is 2.36. The zero-order chi connectivity index (χ0) is 9.47. The van der Waals surface area contributed by atoms with E-state index in [0.717, 1.165) is 12.3 Å². The van der Waals surface area contributed by atoms with Crippen LogP contribution in [0.25, 0.3) is 0 Å². The number of hydrogen-bond donors (Lipinski definition) is 1. The zero-order valence-corrected chi connectivity index (χ0v) is 8.81. The second kappa shape index (κ2) is 3.24. The number of sulfonamides is 1. The quantitative estimate of drug-likeness (QED) is 0.731. The fraction of sp³-hybridized carbons (Fsp3) is 1.00. The predicted molar refractivity (Wildman–Crippen MR) is 51.8 cm³/mol. The highest BCUT2D eigenvalue weighted by Gasteiger charge is 2.36. The fourth-order valence-electron chi connectivity index (χ4n) is 2.80. The van der Waals surface area contributed by atoms with Crippen LogP contribution < -0.4 is 4.72 Å². The third-order valence-electron chi connectivity index (χ3n) is 3.41. The molecule has 0 spiro atoms. The third kappa shape index (κ3) is 2.23. The molecule has 3 aliphatic rings. The van der Waals surface area contributed by atoms with Gasteiger partial charge in [0.1, 0.15) is 0 Å². The van der Waals surface area contributed by atoms with Gasteiger partial charge in [0.15, 0.2) is 0 Å². The van der Waals surface area contributed by atoms with Gasteiger partial charge in [-0.25, -0.2) is 13.1 Å². The molecule has 0 amide bonds. The van der Waals surface area contributed by atoms with Gasteiger partial charge in [-0.2, -0.15) is 0 Å². The summed E-state index contributed by atoms with van der Waals surface area (Å²) in [5.74, 6) is 1.39. The maximum atomic E-state index is 11.1. The Bertz CT molecular complexity index is 278. The van der Waals surface area contributed by atoms with E-state index < -0.39 is 10.0 Å². The van der Waals surface area contributed by atoms with E-state index in [1.165, 1.54) is 31.9 Å². The summed E-state index contributed by atoms with van der Waals surface area (Å²) in [6, 6.07) is 0.238. The predicted octanol–water partition coefficient (Wildman–Crippen LogP) is 1.11. The molecule has 0 saturated heterocycles. The molecule has 0 heterocycles. The lowest BCUT2D eigenvalue weighted by Crippen LogP contribution is -2.46. The largest absolute Gasteiger partial charge is 0.213 e. The average Bonchev–Trinajstić information content (AvgIpc) is 2.03. The molecule has 13 heavy (non-hydrogen) atoms. The topological polar surface area (TPSA) is 46.2 Å². The fourth-order valence-corrected chi connectivity index (χ4v) is 3.64. The van der Waals surface area contributed by atoms with Crippen LogP contribution in [-0.2, 0) is 10.0 Å². The average molecular weight is 203 g/mol. The summed E-state index contributed by atoms with van der Waals surface area (Å²) in [7, 11) is -3.00. The molecule has 1 atom stereocenters. The van der Waals surface area contributed by atoms with Crippen molar-refractivity contribution in [2.45, 2.75) is 38.1 Å². The number of fused-ring (bicyclic) bond motifs is 3. The van der Waals surface area contributed by atoms with Gasteiger partial charge in [0, 0.05) is 6.04 Å². The second-order valence-electron chi connectivity index (χ2n) is 4.51. The summed E-state index contributed by atoms with van der Waals surface area (Å²) in [5.41, 5.74) is 0. The van der Waals surface area contributed by atoms with Crippen LogP contribution in [0.2, 0.25) is 0 Å². The Hall–Kier alpha value is -0.0900. The van der Waals surface area contributed by atoms with Crippen LogP contribution in [0.3, 0.4) is 0 Å². The third-order valence-corrected chi connectivity index (χ3v) is 4.14. The first kappa shape index (κ1) is 9.46. The van der Waals surface area contributed by atoms with Crippen molar-refractivity contribution in [1.29, 1.82) is 0 Å². The summed E-state index contributed by atoms with van der Waals surface area (Å²) in [6.07, 6.45) is 7.39. The van der Waals surface area contributed by atoms with Crippen molar-refractivity contribution in [3.05, 3.63) is 0 Å². The van der Waals surface area contributed by atoms with Gasteiger partial charge in [0.05, 0.1) is 6.26 Å². The Labute approximate surface area is 80.0 Å². The Morgan fingerprint density at radius 1 is 1.15 bits per heavy atom. The van der Waals surface area contributed by atoms with Gasteiger partial charge in [0.2, 0.25) is 10.0 Å². The first-order valence-corrected chi connectivity index (χ1v) is 6.91. The maximum absolute atomic E-state index is 11.1. The molecule has 3 aliphatic carbocycles. The molecule has 0 aliphatic heterocycles. The van der Waals surface area contributed by atoms with Gasteiger partial charge >= 0.3 is 0 Å². The van der Waals surface area contributed by atoms with Crippen molar-refractivity contribution in [3.8, 4) is 0 Å². The molecule has 0 aromatic heterocycles. The van der Waals surface area contributed by atoms with Gasteiger partial charge in [-0.3, -0.25) is 0 Å². The van der Waals surface area contributed by atoms with Gasteiger partial charge < -0.3 is 0 Å². The smallest absolute Gasteiger partial charge is 0.208 e. The van der Waals surface area contributed by atoms with Crippen molar-refractivity contribution in [1.82, 2.24) is 4.72 Å². The van der Waals surface area contributed by atoms with Crippen LogP contribution in [0.15, 0.2) is 0 Å². The molecule has 3 rings (SSSR count). The summed E-state index contributed by atoms with van der Waals surface area (Å²) in [5, 5.41) is 0. The summed E-state index contributed by atoms with van der Waals surface area (Å²) >= 11 is 0. The molecule has 0 radical (unpaired) electrons. The van der Waals surface area contributed by atoms with E-state index in [4.69, 9.17) is 0 Å². The minimum Gasteiger partial charge on any atom is -0.213 e. The van der Waals surface area contributed by atoms with Gasteiger partial charge in [0.25, 0.3) is 0 Å². The lowest BCUT2D eigenvalue weighted by molar-refractivity contribution is 0.138. The highest BCUT2D eigenvalue weighted by Crippen LogP contribution is 2.41. The van der Waals surface area contributed by atoms with Gasteiger partial charge in [-0.05, 0) is 31.1 Å². The Morgan fingerprint density at radius 2 is 1.77 bits per heavy atom. The van der Waals surface area contributed by atoms with Crippen LogP contribution in [0.5, 0.6) is 0 Å². The van der Waals surface area contributed by atoms with Crippen LogP contribution in [-0.4, -0.2) is 20.7 Å². The number of rotatable bonds is 2. The molecule has 2 bridgehead atoms. The minimum atomic E-state index is -3.00. The van der Waals surface area contributed by atoms with Crippen molar-refractivity contribution < 1.29 is 8.42 Å². The lowest BCUT2D eigenvalue weighted by Gasteiger charge is -2.42. The van der Waals surface area contributed by atoms with E-state index in [1.807, 2.05) is 0 Å². The molecule has 3 nitrogen and oxygen atoms in total. The summed E-state index contributed by atoms with van der Waals surface area (Å²) in [4.78, 5) is 0. The SMILES string of the molecule is CS(=O)(=O)NC1CC2CCC1CC2. The Morgan fingerprint density at radius 3 is 2.15 bits per heavy atom. The molecule has 0 aromatic rings. The molecular weight excluding hydrogens is 186 g/mol. The molecule has 4 heteroatoms. The van der Waals surface area contributed by atoms with Crippen LogP contribution >= 0.6 is 0 Å². The second-order valence-corrected chi connectivity index (χ2v) is 6.29.